The first kappa shape index (κ1) is 17.1. The summed E-state index contributed by atoms with van der Waals surface area (Å²) >= 11 is 6.00. The van der Waals surface area contributed by atoms with Crippen LogP contribution in [0.4, 0.5) is 5.69 Å². The molecule has 26 heavy (non-hydrogen) atoms. The third-order valence-corrected chi connectivity index (χ3v) is 5.66. The van der Waals surface area contributed by atoms with Crippen molar-refractivity contribution in [3.05, 3.63) is 64.2 Å². The maximum absolute atomic E-state index is 12.7. The second-order valence-corrected chi connectivity index (χ2v) is 7.31. The Hall–Kier alpha value is -2.33. The monoisotopic (exact) mass is 368 g/mol. The van der Waals surface area contributed by atoms with Gasteiger partial charge in [-0.25, -0.2) is 0 Å². The number of hydrogen-bond acceptors (Lipinski definition) is 3. The lowest BCUT2D eigenvalue weighted by molar-refractivity contribution is 0.0561. The Balaban J connectivity index is 1.51. The smallest absolute Gasteiger partial charge is 0.261 e. The molecule has 4 nitrogen and oxygen atoms in total. The first-order chi connectivity index (χ1) is 12.6. The van der Waals surface area contributed by atoms with Crippen molar-refractivity contribution in [2.24, 2.45) is 0 Å². The van der Waals surface area contributed by atoms with Crippen LogP contribution in [0.25, 0.3) is 0 Å². The Morgan fingerprint density at radius 3 is 2.42 bits per heavy atom. The van der Waals surface area contributed by atoms with E-state index in [0.717, 1.165) is 32.4 Å². The molecular formula is C21H21ClN2O2. The molecule has 2 heterocycles. The molecule has 0 radical (unpaired) electrons. The molecule has 0 aromatic heterocycles. The van der Waals surface area contributed by atoms with Crippen LogP contribution in [0.15, 0.2) is 42.5 Å². The van der Waals surface area contributed by atoms with E-state index in [1.807, 2.05) is 0 Å². The Morgan fingerprint density at radius 2 is 1.69 bits per heavy atom. The molecule has 2 aliphatic rings. The van der Waals surface area contributed by atoms with E-state index < -0.39 is 0 Å². The van der Waals surface area contributed by atoms with Crippen LogP contribution in [0.3, 0.4) is 0 Å². The van der Waals surface area contributed by atoms with Gasteiger partial charge in [-0.2, -0.15) is 0 Å². The Morgan fingerprint density at radius 1 is 1.00 bits per heavy atom. The van der Waals surface area contributed by atoms with Gasteiger partial charge in [0.1, 0.15) is 0 Å². The van der Waals surface area contributed by atoms with Gasteiger partial charge >= 0.3 is 0 Å². The number of nitrogens with zero attached hydrogens (tertiary/aromatic N) is 2. The molecule has 2 aromatic carbocycles. The number of amides is 2. The van der Waals surface area contributed by atoms with E-state index in [9.17, 15) is 9.59 Å². The molecule has 4 rings (SSSR count). The zero-order valence-electron chi connectivity index (χ0n) is 14.7. The maximum Gasteiger partial charge on any atom is 0.261 e. The number of piperidine rings is 1. The number of halogens is 1. The van der Waals surface area contributed by atoms with Crippen molar-refractivity contribution in [3.63, 3.8) is 0 Å². The van der Waals surface area contributed by atoms with Gasteiger partial charge in [0.2, 0.25) is 0 Å². The van der Waals surface area contributed by atoms with Crippen LogP contribution in [0.5, 0.6) is 0 Å². The van der Waals surface area contributed by atoms with Crippen LogP contribution in [-0.4, -0.2) is 35.8 Å². The first-order valence-electron chi connectivity index (χ1n) is 9.10. The fraction of sp³-hybridized carbons (Fsp3) is 0.333. The van der Waals surface area contributed by atoms with Gasteiger partial charge in [0.05, 0.1) is 11.1 Å². The molecule has 2 aliphatic heterocycles. The standard InChI is InChI=1S/C21H21ClN2O2/c1-2-14-5-3-4-6-19(14)23-11-9-16(10-12-23)24-20(25)17-8-7-15(22)13-18(17)21(24)26/h3-8,13,16H,2,9-12H2,1H3. The highest BCUT2D eigenvalue weighted by molar-refractivity contribution is 6.32. The number of aryl methyl sites for hydroxylation is 1. The second-order valence-electron chi connectivity index (χ2n) is 6.87. The third-order valence-electron chi connectivity index (χ3n) is 5.42. The fourth-order valence-electron chi connectivity index (χ4n) is 4.05. The Labute approximate surface area is 158 Å². The SMILES string of the molecule is CCc1ccccc1N1CCC(N2C(=O)c3ccc(Cl)cc3C2=O)CC1. The van der Waals surface area contributed by atoms with E-state index in [4.69, 9.17) is 11.6 Å². The third kappa shape index (κ3) is 2.78. The molecule has 134 valence electrons. The number of benzene rings is 2. The van der Waals surface area contributed by atoms with Gasteiger partial charge in [-0.1, -0.05) is 36.7 Å². The highest BCUT2D eigenvalue weighted by atomic mass is 35.5. The molecule has 2 amide bonds. The molecule has 0 unspecified atom stereocenters. The fourth-order valence-corrected chi connectivity index (χ4v) is 4.22. The Kier molecular flexibility index (Phi) is 4.45. The van der Waals surface area contributed by atoms with E-state index in [1.54, 1.807) is 18.2 Å². The lowest BCUT2D eigenvalue weighted by Crippen LogP contribution is -2.47. The van der Waals surface area contributed by atoms with Gasteiger partial charge < -0.3 is 4.90 Å². The molecule has 0 spiro atoms. The summed E-state index contributed by atoms with van der Waals surface area (Å²) in [6.45, 7) is 3.85. The summed E-state index contributed by atoms with van der Waals surface area (Å²) in [6, 6.07) is 13.3. The van der Waals surface area contributed by atoms with Crippen molar-refractivity contribution in [2.75, 3.05) is 18.0 Å². The molecule has 5 heteroatoms. The summed E-state index contributed by atoms with van der Waals surface area (Å²) in [5.74, 6) is -0.394. The van der Waals surface area contributed by atoms with E-state index in [2.05, 4.69) is 36.1 Å². The highest BCUT2D eigenvalue weighted by Gasteiger charge is 2.41. The van der Waals surface area contributed by atoms with Gasteiger partial charge in [0.15, 0.2) is 0 Å². The minimum Gasteiger partial charge on any atom is -0.371 e. The summed E-state index contributed by atoms with van der Waals surface area (Å²) in [5.41, 5.74) is 3.50. The molecule has 0 aliphatic carbocycles. The van der Waals surface area contributed by atoms with Gasteiger partial charge in [-0.3, -0.25) is 14.5 Å². The molecule has 0 saturated carbocycles. The number of para-hydroxylation sites is 1. The van der Waals surface area contributed by atoms with Crippen molar-refractivity contribution in [1.29, 1.82) is 0 Å². The number of hydrogen-bond donors (Lipinski definition) is 0. The lowest BCUT2D eigenvalue weighted by Gasteiger charge is -2.37. The van der Waals surface area contributed by atoms with Crippen molar-refractivity contribution >= 4 is 29.1 Å². The second kappa shape index (κ2) is 6.76. The number of carbonyl (C=O) groups is 2. The van der Waals surface area contributed by atoms with Crippen molar-refractivity contribution in [1.82, 2.24) is 4.90 Å². The molecule has 0 N–H and O–H groups in total. The zero-order chi connectivity index (χ0) is 18.3. The van der Waals surface area contributed by atoms with Crippen molar-refractivity contribution in [2.45, 2.75) is 32.2 Å². The van der Waals surface area contributed by atoms with E-state index in [-0.39, 0.29) is 17.9 Å². The largest absolute Gasteiger partial charge is 0.371 e. The van der Waals surface area contributed by atoms with Crippen LogP contribution in [-0.2, 0) is 6.42 Å². The van der Waals surface area contributed by atoms with Gasteiger partial charge in [-0.05, 0) is 49.1 Å². The molecule has 1 saturated heterocycles. The molecule has 0 bridgehead atoms. The number of imide groups is 1. The summed E-state index contributed by atoms with van der Waals surface area (Å²) < 4.78 is 0. The average molecular weight is 369 g/mol. The molecule has 2 aromatic rings. The van der Waals surface area contributed by atoms with Crippen LogP contribution in [0.1, 0.15) is 46.0 Å². The van der Waals surface area contributed by atoms with Crippen molar-refractivity contribution in [3.8, 4) is 0 Å². The number of fused-ring (bicyclic) bond motifs is 1. The predicted molar refractivity (Wildman–Crippen MR) is 103 cm³/mol. The summed E-state index contributed by atoms with van der Waals surface area (Å²) in [4.78, 5) is 29.3. The summed E-state index contributed by atoms with van der Waals surface area (Å²) in [7, 11) is 0. The quantitative estimate of drug-likeness (QED) is 0.763. The highest BCUT2D eigenvalue weighted by Crippen LogP contribution is 2.32. The van der Waals surface area contributed by atoms with Crippen LogP contribution in [0, 0.1) is 0 Å². The average Bonchev–Trinajstić information content (AvgIpc) is 2.92. The summed E-state index contributed by atoms with van der Waals surface area (Å²) in [6.07, 6.45) is 2.57. The van der Waals surface area contributed by atoms with Gasteiger partial charge in [0, 0.05) is 29.8 Å². The van der Waals surface area contributed by atoms with Crippen LogP contribution < -0.4 is 4.90 Å². The maximum atomic E-state index is 12.7. The van der Waals surface area contributed by atoms with Crippen molar-refractivity contribution < 1.29 is 9.59 Å². The van der Waals surface area contributed by atoms with Crippen LogP contribution in [0.2, 0.25) is 5.02 Å². The number of rotatable bonds is 3. The predicted octanol–water partition coefficient (Wildman–Crippen LogP) is 4.17. The Bertz CT molecular complexity index is 872. The molecular weight excluding hydrogens is 348 g/mol. The summed E-state index contributed by atoms with van der Waals surface area (Å²) in [5, 5.41) is 0.484. The topological polar surface area (TPSA) is 40.6 Å². The molecule has 0 atom stereocenters. The zero-order valence-corrected chi connectivity index (χ0v) is 15.5. The van der Waals surface area contributed by atoms with Gasteiger partial charge in [-0.15, -0.1) is 0 Å². The first-order valence-corrected chi connectivity index (χ1v) is 9.48. The normalized spacial score (nSPS) is 17.8. The minimum absolute atomic E-state index is 0.0498. The van der Waals surface area contributed by atoms with E-state index in [1.165, 1.54) is 16.2 Å². The number of carbonyl (C=O) groups excluding carboxylic acids is 2. The van der Waals surface area contributed by atoms with Crippen LogP contribution >= 0.6 is 11.6 Å². The minimum atomic E-state index is -0.208. The van der Waals surface area contributed by atoms with E-state index >= 15 is 0 Å². The lowest BCUT2D eigenvalue weighted by atomic mass is 10.0. The number of anilines is 1. The van der Waals surface area contributed by atoms with Gasteiger partial charge in [0.25, 0.3) is 11.8 Å². The molecule has 1 fully saturated rings. The van der Waals surface area contributed by atoms with E-state index in [0.29, 0.717) is 16.1 Å².